The normalized spacial score (nSPS) is 29.0. The van der Waals surface area contributed by atoms with E-state index in [0.717, 1.165) is 16.7 Å². The first-order chi connectivity index (χ1) is 10.9. The number of hydrogen-bond donors (Lipinski definition) is 2. The molecule has 6 heteroatoms. The van der Waals surface area contributed by atoms with Crippen molar-refractivity contribution in [3.8, 4) is 0 Å². The molecule has 1 saturated carbocycles. The van der Waals surface area contributed by atoms with Crippen molar-refractivity contribution in [2.45, 2.75) is 44.6 Å². The molecule has 1 fully saturated rings. The summed E-state index contributed by atoms with van der Waals surface area (Å²) in [5, 5.41) is 13.9. The fourth-order valence-electron chi connectivity index (χ4n) is 3.45. The molecule has 124 valence electrons. The molecule has 1 aliphatic carbocycles. The van der Waals surface area contributed by atoms with Crippen molar-refractivity contribution in [1.82, 2.24) is 5.32 Å². The number of aryl methyl sites for hydroxylation is 2. The Morgan fingerprint density at radius 2 is 2.09 bits per heavy atom. The number of aliphatic imine (C=N–C) groups is 1. The van der Waals surface area contributed by atoms with Gasteiger partial charge in [-0.2, -0.15) is 0 Å². The molecule has 0 radical (unpaired) electrons. The van der Waals surface area contributed by atoms with Gasteiger partial charge < -0.3 is 19.9 Å². The van der Waals surface area contributed by atoms with Crippen LogP contribution < -0.4 is 5.32 Å². The molecule has 0 aromatic heterocycles. The Balaban J connectivity index is 1.96. The van der Waals surface area contributed by atoms with Gasteiger partial charge >= 0.3 is 5.97 Å². The third-order valence-electron chi connectivity index (χ3n) is 4.76. The van der Waals surface area contributed by atoms with Crippen molar-refractivity contribution in [2.75, 3.05) is 14.2 Å². The first-order valence-electron chi connectivity index (χ1n) is 7.69. The second-order valence-corrected chi connectivity index (χ2v) is 6.31. The van der Waals surface area contributed by atoms with Gasteiger partial charge in [0.2, 0.25) is 0 Å². The van der Waals surface area contributed by atoms with Crippen molar-refractivity contribution in [2.24, 2.45) is 4.99 Å². The smallest absolute Gasteiger partial charge is 0.338 e. The highest BCUT2D eigenvalue weighted by atomic mass is 16.5. The molecule has 1 aromatic carbocycles. The summed E-state index contributed by atoms with van der Waals surface area (Å²) < 4.78 is 10.2. The van der Waals surface area contributed by atoms with Gasteiger partial charge in [-0.15, -0.1) is 0 Å². The van der Waals surface area contributed by atoms with Crippen molar-refractivity contribution in [3.05, 3.63) is 34.4 Å². The highest BCUT2D eigenvalue weighted by Crippen LogP contribution is 2.36. The molecular weight excluding hydrogens is 296 g/mol. The second kappa shape index (κ2) is 5.62. The molecule has 0 spiro atoms. The fourth-order valence-corrected chi connectivity index (χ4v) is 3.45. The van der Waals surface area contributed by atoms with E-state index < -0.39 is 5.72 Å². The van der Waals surface area contributed by atoms with E-state index in [0.29, 0.717) is 24.2 Å². The number of benzene rings is 1. The number of methoxy groups -OCH3 is 2. The molecule has 3 unspecified atom stereocenters. The summed E-state index contributed by atoms with van der Waals surface area (Å²) in [6.45, 7) is 3.84. The van der Waals surface area contributed by atoms with Crippen LogP contribution in [0.15, 0.2) is 17.1 Å². The van der Waals surface area contributed by atoms with E-state index in [1.165, 1.54) is 7.11 Å². The molecule has 3 rings (SSSR count). The topological polar surface area (TPSA) is 80.2 Å². The van der Waals surface area contributed by atoms with Gasteiger partial charge in [0, 0.05) is 25.5 Å². The van der Waals surface area contributed by atoms with Crippen LogP contribution in [0.25, 0.3) is 0 Å². The largest absolute Gasteiger partial charge is 0.465 e. The maximum atomic E-state index is 11.9. The minimum Gasteiger partial charge on any atom is -0.465 e. The second-order valence-electron chi connectivity index (χ2n) is 6.31. The predicted molar refractivity (Wildman–Crippen MR) is 85.7 cm³/mol. The predicted octanol–water partition coefficient (Wildman–Crippen LogP) is 1.31. The average molecular weight is 318 g/mol. The van der Waals surface area contributed by atoms with E-state index in [2.05, 4.69) is 10.3 Å². The van der Waals surface area contributed by atoms with Crippen LogP contribution in [0.4, 0.5) is 0 Å². The molecule has 1 aliphatic heterocycles. The molecule has 3 atom stereocenters. The number of esters is 1. The van der Waals surface area contributed by atoms with Crippen molar-refractivity contribution < 1.29 is 19.4 Å². The number of amidine groups is 1. The number of aliphatic hydroxyl groups is 1. The Morgan fingerprint density at radius 3 is 2.70 bits per heavy atom. The van der Waals surface area contributed by atoms with E-state index in [-0.39, 0.29) is 18.1 Å². The van der Waals surface area contributed by atoms with Crippen molar-refractivity contribution >= 4 is 11.8 Å². The molecule has 0 amide bonds. The molecule has 1 heterocycles. The summed E-state index contributed by atoms with van der Waals surface area (Å²) >= 11 is 0. The Labute approximate surface area is 135 Å². The van der Waals surface area contributed by atoms with Crippen LogP contribution in [-0.4, -0.2) is 49.0 Å². The number of carbonyl (C=O) groups excluding carboxylic acids is 1. The van der Waals surface area contributed by atoms with Crippen LogP contribution in [0, 0.1) is 13.8 Å². The molecule has 0 saturated heterocycles. The van der Waals surface area contributed by atoms with Crippen molar-refractivity contribution in [3.63, 3.8) is 0 Å². The summed E-state index contributed by atoms with van der Waals surface area (Å²) in [4.78, 5) is 16.5. The number of nitrogens with one attached hydrogen (secondary N) is 1. The standard InChI is InChI=1S/C17H22N2O4/c1-9-5-10(2)13(16(20)23-4)7-12(9)15-18-14-6-11(22-3)8-17(14,21)19-15/h5,7,11,14,21H,6,8H2,1-4H3,(H,18,19). The minimum absolute atomic E-state index is 0.00699. The quantitative estimate of drug-likeness (QED) is 0.821. The Morgan fingerprint density at radius 1 is 1.35 bits per heavy atom. The zero-order chi connectivity index (χ0) is 16.8. The Bertz CT molecular complexity index is 685. The zero-order valence-electron chi connectivity index (χ0n) is 13.8. The summed E-state index contributed by atoms with van der Waals surface area (Å²) in [6.07, 6.45) is 1.18. The Hall–Kier alpha value is -1.92. The van der Waals surface area contributed by atoms with Gasteiger partial charge in [0.15, 0.2) is 5.72 Å². The lowest BCUT2D eigenvalue weighted by molar-refractivity contribution is 0.00887. The fraction of sp³-hybridized carbons (Fsp3) is 0.529. The highest BCUT2D eigenvalue weighted by Gasteiger charge is 2.51. The minimum atomic E-state index is -1.07. The lowest BCUT2D eigenvalue weighted by Gasteiger charge is -2.23. The molecule has 2 N–H and O–H groups in total. The number of ether oxygens (including phenoxy) is 2. The van der Waals surface area contributed by atoms with Gasteiger partial charge in [-0.1, -0.05) is 6.07 Å². The maximum Gasteiger partial charge on any atom is 0.338 e. The molecule has 23 heavy (non-hydrogen) atoms. The van der Waals surface area contributed by atoms with E-state index in [1.54, 1.807) is 13.2 Å². The SMILES string of the molecule is COC(=O)c1cc(C2=NC3CC(OC)CC3(O)N2)c(C)cc1C. The average Bonchev–Trinajstić information content (AvgIpc) is 2.97. The van der Waals surface area contributed by atoms with Crippen LogP contribution in [0.3, 0.4) is 0 Å². The summed E-state index contributed by atoms with van der Waals surface area (Å²) in [5.74, 6) is 0.246. The first kappa shape index (κ1) is 16.0. The van der Waals surface area contributed by atoms with Gasteiger partial charge in [0.05, 0.1) is 18.8 Å². The van der Waals surface area contributed by atoms with Gasteiger partial charge in [0.25, 0.3) is 0 Å². The zero-order valence-corrected chi connectivity index (χ0v) is 13.8. The van der Waals surface area contributed by atoms with E-state index in [9.17, 15) is 9.90 Å². The van der Waals surface area contributed by atoms with Gasteiger partial charge in [0.1, 0.15) is 11.9 Å². The molecular formula is C17H22N2O4. The third kappa shape index (κ3) is 2.62. The summed E-state index contributed by atoms with van der Waals surface area (Å²) in [5.41, 5.74) is 2.10. The first-order valence-corrected chi connectivity index (χ1v) is 7.69. The van der Waals surface area contributed by atoms with Crippen LogP contribution in [0.1, 0.15) is 39.9 Å². The summed E-state index contributed by atoms with van der Waals surface area (Å²) in [7, 11) is 3.01. The number of nitrogens with zero attached hydrogens (tertiary/aromatic N) is 1. The third-order valence-corrected chi connectivity index (χ3v) is 4.76. The molecule has 1 aromatic rings. The van der Waals surface area contributed by atoms with Crippen LogP contribution in [-0.2, 0) is 9.47 Å². The van der Waals surface area contributed by atoms with Gasteiger partial charge in [-0.3, -0.25) is 4.99 Å². The maximum absolute atomic E-state index is 11.9. The molecule has 6 nitrogen and oxygen atoms in total. The van der Waals surface area contributed by atoms with E-state index in [4.69, 9.17) is 9.47 Å². The number of fused-ring (bicyclic) bond motifs is 1. The lowest BCUT2D eigenvalue weighted by atomic mass is 9.99. The number of carbonyl (C=O) groups is 1. The monoisotopic (exact) mass is 318 g/mol. The molecule has 0 bridgehead atoms. The number of hydrogen-bond acceptors (Lipinski definition) is 6. The molecule has 2 aliphatic rings. The summed E-state index contributed by atoms with van der Waals surface area (Å²) in [6, 6.07) is 3.48. The Kier molecular flexibility index (Phi) is 3.90. The van der Waals surface area contributed by atoms with Gasteiger partial charge in [-0.05, 0) is 31.0 Å². The van der Waals surface area contributed by atoms with Crippen LogP contribution in [0.2, 0.25) is 0 Å². The van der Waals surface area contributed by atoms with E-state index >= 15 is 0 Å². The highest BCUT2D eigenvalue weighted by molar-refractivity contribution is 6.04. The van der Waals surface area contributed by atoms with Crippen molar-refractivity contribution in [1.29, 1.82) is 0 Å². The lowest BCUT2D eigenvalue weighted by Crippen LogP contribution is -2.47. The number of rotatable bonds is 3. The van der Waals surface area contributed by atoms with Crippen LogP contribution >= 0.6 is 0 Å². The van der Waals surface area contributed by atoms with Gasteiger partial charge in [-0.25, -0.2) is 4.79 Å². The van der Waals surface area contributed by atoms with E-state index in [1.807, 2.05) is 19.9 Å². The van der Waals surface area contributed by atoms with Crippen LogP contribution in [0.5, 0.6) is 0 Å².